The fourth-order valence-corrected chi connectivity index (χ4v) is 2.40. The lowest BCUT2D eigenvalue weighted by atomic mass is 10.3. The van der Waals surface area contributed by atoms with E-state index in [1.54, 1.807) is 0 Å². The summed E-state index contributed by atoms with van der Waals surface area (Å²) in [5, 5.41) is 3.04. The van der Waals surface area contributed by atoms with Crippen LogP contribution in [0.1, 0.15) is 12.6 Å². The Balaban J connectivity index is 2.55. The number of hydrogen-bond donors (Lipinski definition) is 1. The molecule has 0 aliphatic heterocycles. The van der Waals surface area contributed by atoms with E-state index < -0.39 is 0 Å². The number of hydrogen-bond acceptors (Lipinski definition) is 4. The molecule has 1 N–H and O–H groups in total. The Hall–Kier alpha value is -0.880. The van der Waals surface area contributed by atoms with Gasteiger partial charge in [0.25, 0.3) is 0 Å². The minimum Gasteiger partial charge on any atom is -0.446 e. The minimum atomic E-state index is 0.583. The van der Waals surface area contributed by atoms with Crippen molar-refractivity contribution in [2.45, 2.75) is 13.3 Å². The predicted molar refractivity (Wildman–Crippen MR) is 74.1 cm³/mol. The number of furan rings is 1. The lowest BCUT2D eigenvalue weighted by Gasteiger charge is -2.08. The standard InChI is InChI=1S/C11H11Br2N3O/c1-3-6-9(13)11(14-2)16-10(15-6)7-4-5-8(12)17-7/h4-5H,3H2,1-2H3,(H,14,15,16). The highest BCUT2D eigenvalue weighted by Crippen LogP contribution is 2.28. The molecule has 0 fully saturated rings. The van der Waals surface area contributed by atoms with Gasteiger partial charge < -0.3 is 9.73 Å². The molecule has 6 heteroatoms. The second kappa shape index (κ2) is 5.18. The largest absolute Gasteiger partial charge is 0.446 e. The van der Waals surface area contributed by atoms with Gasteiger partial charge >= 0.3 is 0 Å². The highest BCUT2D eigenvalue weighted by atomic mass is 79.9. The van der Waals surface area contributed by atoms with Crippen LogP contribution in [0.4, 0.5) is 5.82 Å². The summed E-state index contributed by atoms with van der Waals surface area (Å²) in [5.74, 6) is 2.00. The van der Waals surface area contributed by atoms with Gasteiger partial charge in [0.05, 0.1) is 10.2 Å². The summed E-state index contributed by atoms with van der Waals surface area (Å²) >= 11 is 6.75. The molecule has 2 aromatic rings. The maximum Gasteiger partial charge on any atom is 0.197 e. The smallest absolute Gasteiger partial charge is 0.197 e. The zero-order chi connectivity index (χ0) is 12.4. The molecule has 0 aliphatic rings. The van der Waals surface area contributed by atoms with Crippen LogP contribution in [0.2, 0.25) is 0 Å². The number of nitrogens with zero attached hydrogens (tertiary/aromatic N) is 2. The molecule has 0 aliphatic carbocycles. The highest BCUT2D eigenvalue weighted by Gasteiger charge is 2.13. The van der Waals surface area contributed by atoms with Crippen molar-refractivity contribution in [1.29, 1.82) is 0 Å². The van der Waals surface area contributed by atoms with E-state index in [0.29, 0.717) is 16.3 Å². The van der Waals surface area contributed by atoms with Gasteiger partial charge in [-0.3, -0.25) is 0 Å². The van der Waals surface area contributed by atoms with E-state index in [-0.39, 0.29) is 0 Å². The normalized spacial score (nSPS) is 10.6. The molecule has 0 unspecified atom stereocenters. The van der Waals surface area contributed by atoms with Gasteiger partial charge in [0.2, 0.25) is 0 Å². The van der Waals surface area contributed by atoms with E-state index in [9.17, 15) is 0 Å². The summed E-state index contributed by atoms with van der Waals surface area (Å²) in [6.45, 7) is 2.05. The Labute approximate surface area is 116 Å². The summed E-state index contributed by atoms with van der Waals surface area (Å²) in [7, 11) is 1.83. The van der Waals surface area contributed by atoms with Crippen LogP contribution >= 0.6 is 31.9 Å². The van der Waals surface area contributed by atoms with Gasteiger partial charge in [0.1, 0.15) is 5.82 Å². The summed E-state index contributed by atoms with van der Waals surface area (Å²) in [6.07, 6.45) is 0.826. The van der Waals surface area contributed by atoms with E-state index in [2.05, 4.69) is 47.1 Å². The molecular weight excluding hydrogens is 350 g/mol. The molecule has 0 aromatic carbocycles. The van der Waals surface area contributed by atoms with Crippen molar-refractivity contribution in [3.63, 3.8) is 0 Å². The van der Waals surface area contributed by atoms with Crippen molar-refractivity contribution in [3.8, 4) is 11.6 Å². The van der Waals surface area contributed by atoms with E-state index in [0.717, 1.165) is 22.4 Å². The summed E-state index contributed by atoms with van der Waals surface area (Å²) in [4.78, 5) is 8.87. The number of nitrogens with one attached hydrogen (secondary N) is 1. The molecular formula is C11H11Br2N3O. The van der Waals surface area contributed by atoms with Crippen LogP contribution in [0.15, 0.2) is 25.7 Å². The van der Waals surface area contributed by atoms with Crippen LogP contribution in [0.25, 0.3) is 11.6 Å². The SMILES string of the molecule is CCc1nc(-c2ccc(Br)o2)nc(NC)c1Br. The van der Waals surface area contributed by atoms with E-state index in [1.807, 2.05) is 26.1 Å². The van der Waals surface area contributed by atoms with Crippen LogP contribution in [0, 0.1) is 0 Å². The van der Waals surface area contributed by atoms with Gasteiger partial charge in [-0.25, -0.2) is 9.97 Å². The monoisotopic (exact) mass is 359 g/mol. The lowest BCUT2D eigenvalue weighted by Crippen LogP contribution is -2.02. The first-order chi connectivity index (χ1) is 8.15. The van der Waals surface area contributed by atoms with Gasteiger partial charge in [0.15, 0.2) is 16.3 Å². The number of aromatic nitrogens is 2. The van der Waals surface area contributed by atoms with Gasteiger partial charge in [-0.1, -0.05) is 6.92 Å². The molecule has 2 aromatic heterocycles. The molecule has 0 saturated heterocycles. The topological polar surface area (TPSA) is 51.0 Å². The van der Waals surface area contributed by atoms with Crippen molar-refractivity contribution in [1.82, 2.24) is 9.97 Å². The van der Waals surface area contributed by atoms with Gasteiger partial charge in [-0.05, 0) is 50.4 Å². The van der Waals surface area contributed by atoms with Gasteiger partial charge in [-0.2, -0.15) is 0 Å². The molecule has 0 spiro atoms. The third-order valence-corrected chi connectivity index (χ3v) is 3.54. The zero-order valence-electron chi connectivity index (χ0n) is 9.42. The number of anilines is 1. The van der Waals surface area contributed by atoms with Crippen molar-refractivity contribution in [3.05, 3.63) is 27.0 Å². The summed E-state index contributed by atoms with van der Waals surface area (Å²) < 4.78 is 7.03. The second-order valence-corrected chi connectivity index (χ2v) is 4.94. The van der Waals surface area contributed by atoms with Gasteiger partial charge in [-0.15, -0.1) is 0 Å². The zero-order valence-corrected chi connectivity index (χ0v) is 12.6. The van der Waals surface area contributed by atoms with Crippen molar-refractivity contribution in [2.75, 3.05) is 12.4 Å². The highest BCUT2D eigenvalue weighted by molar-refractivity contribution is 9.10. The molecule has 90 valence electrons. The minimum absolute atomic E-state index is 0.583. The Kier molecular flexibility index (Phi) is 3.83. The first-order valence-corrected chi connectivity index (χ1v) is 6.74. The Morgan fingerprint density at radius 1 is 1.29 bits per heavy atom. The fourth-order valence-electron chi connectivity index (χ4n) is 1.44. The molecule has 0 atom stereocenters. The van der Waals surface area contributed by atoms with Crippen molar-refractivity contribution in [2.24, 2.45) is 0 Å². The van der Waals surface area contributed by atoms with E-state index in [1.165, 1.54) is 0 Å². The molecule has 0 amide bonds. The molecule has 4 nitrogen and oxygen atoms in total. The Morgan fingerprint density at radius 2 is 2.06 bits per heavy atom. The summed E-state index contributed by atoms with van der Waals surface area (Å²) in [5.41, 5.74) is 0.951. The third kappa shape index (κ3) is 2.52. The third-order valence-electron chi connectivity index (χ3n) is 2.29. The van der Waals surface area contributed by atoms with Crippen LogP contribution in [-0.2, 0) is 6.42 Å². The number of rotatable bonds is 3. The van der Waals surface area contributed by atoms with Gasteiger partial charge in [0, 0.05) is 7.05 Å². The number of halogens is 2. The van der Waals surface area contributed by atoms with E-state index in [4.69, 9.17) is 4.42 Å². The average molecular weight is 361 g/mol. The first-order valence-electron chi connectivity index (χ1n) is 5.15. The summed E-state index contributed by atoms with van der Waals surface area (Å²) in [6, 6.07) is 3.66. The molecule has 2 rings (SSSR count). The van der Waals surface area contributed by atoms with Crippen molar-refractivity contribution >= 4 is 37.7 Å². The molecule has 2 heterocycles. The molecule has 0 bridgehead atoms. The maximum absolute atomic E-state index is 5.46. The maximum atomic E-state index is 5.46. The fraction of sp³-hybridized carbons (Fsp3) is 0.273. The molecule has 0 saturated carbocycles. The predicted octanol–water partition coefficient (Wildman–Crippen LogP) is 3.87. The van der Waals surface area contributed by atoms with Crippen LogP contribution in [0.3, 0.4) is 0 Å². The quantitative estimate of drug-likeness (QED) is 0.902. The molecule has 0 radical (unpaired) electrons. The second-order valence-electron chi connectivity index (χ2n) is 3.36. The lowest BCUT2D eigenvalue weighted by molar-refractivity contribution is 0.551. The Bertz CT molecular complexity index is 514. The number of aryl methyl sites for hydroxylation is 1. The Morgan fingerprint density at radius 3 is 2.59 bits per heavy atom. The first kappa shape index (κ1) is 12.6. The molecule has 17 heavy (non-hydrogen) atoms. The van der Waals surface area contributed by atoms with Crippen LogP contribution in [0.5, 0.6) is 0 Å². The van der Waals surface area contributed by atoms with Crippen molar-refractivity contribution < 1.29 is 4.42 Å². The average Bonchev–Trinajstić information content (AvgIpc) is 2.76. The van der Waals surface area contributed by atoms with Crippen LogP contribution in [-0.4, -0.2) is 17.0 Å². The van der Waals surface area contributed by atoms with Crippen LogP contribution < -0.4 is 5.32 Å². The van der Waals surface area contributed by atoms with E-state index >= 15 is 0 Å².